The molecule has 0 aliphatic carbocycles. The quantitative estimate of drug-likeness (QED) is 0.513. The van der Waals surface area contributed by atoms with Gasteiger partial charge in [-0.05, 0) is 44.5 Å². The Labute approximate surface area is 169 Å². The molecule has 2 amide bonds. The first-order valence-electron chi connectivity index (χ1n) is 8.67. The van der Waals surface area contributed by atoms with Gasteiger partial charge in [-0.25, -0.2) is 4.79 Å². The number of amides is 2. The van der Waals surface area contributed by atoms with E-state index in [-0.39, 0.29) is 12.6 Å². The van der Waals surface area contributed by atoms with Gasteiger partial charge in [0.15, 0.2) is 0 Å². The van der Waals surface area contributed by atoms with E-state index < -0.39 is 59.7 Å². The number of carbonyl (C=O) groups is 2. The van der Waals surface area contributed by atoms with Crippen molar-refractivity contribution in [3.63, 3.8) is 0 Å². The summed E-state index contributed by atoms with van der Waals surface area (Å²) in [7, 11) is 0. The predicted octanol–water partition coefficient (Wildman–Crippen LogP) is 4.76. The highest BCUT2D eigenvalue weighted by atomic mass is 19.4. The summed E-state index contributed by atoms with van der Waals surface area (Å²) in [5, 5.41) is 2.21. The summed E-state index contributed by atoms with van der Waals surface area (Å²) < 4.78 is 82.5. The number of nitrogens with one attached hydrogen (secondary N) is 1. The van der Waals surface area contributed by atoms with E-state index >= 15 is 0 Å². The zero-order valence-corrected chi connectivity index (χ0v) is 16.6. The van der Waals surface area contributed by atoms with Crippen LogP contribution < -0.4 is 5.32 Å². The van der Waals surface area contributed by atoms with Gasteiger partial charge in [0, 0.05) is 13.1 Å². The summed E-state index contributed by atoms with van der Waals surface area (Å²) in [6, 6.07) is 1.04. The molecule has 0 spiro atoms. The normalized spacial score (nSPS) is 12.3. The van der Waals surface area contributed by atoms with Gasteiger partial charge < -0.3 is 10.1 Å². The van der Waals surface area contributed by atoms with Gasteiger partial charge in [0.25, 0.3) is 0 Å². The van der Waals surface area contributed by atoms with Crippen molar-refractivity contribution in [3.8, 4) is 0 Å². The Morgan fingerprint density at radius 2 is 1.53 bits per heavy atom. The SMILES string of the molecule is C=CCN(CC(=O)NCc1cc(C(F)(F)F)cc(C(F)(F)F)c1)C(=O)OC(C)(C)C. The first-order valence-corrected chi connectivity index (χ1v) is 8.67. The Morgan fingerprint density at radius 1 is 1.03 bits per heavy atom. The fourth-order valence-electron chi connectivity index (χ4n) is 2.24. The van der Waals surface area contributed by atoms with Gasteiger partial charge in [0.05, 0.1) is 11.1 Å². The van der Waals surface area contributed by atoms with Gasteiger partial charge >= 0.3 is 18.4 Å². The molecule has 1 N–H and O–H groups in total. The highest BCUT2D eigenvalue weighted by molar-refractivity contribution is 5.82. The topological polar surface area (TPSA) is 58.6 Å². The number of ether oxygens (including phenoxy) is 1. The Morgan fingerprint density at radius 3 is 1.93 bits per heavy atom. The van der Waals surface area contributed by atoms with E-state index in [1.54, 1.807) is 20.8 Å². The van der Waals surface area contributed by atoms with Crippen LogP contribution in [-0.4, -0.2) is 35.6 Å². The van der Waals surface area contributed by atoms with Crippen molar-refractivity contribution < 1.29 is 40.7 Å². The van der Waals surface area contributed by atoms with Crippen LogP contribution in [0.4, 0.5) is 31.1 Å². The van der Waals surface area contributed by atoms with Crippen LogP contribution in [0.5, 0.6) is 0 Å². The molecule has 1 rings (SSSR count). The lowest BCUT2D eigenvalue weighted by atomic mass is 10.0. The number of carbonyl (C=O) groups excluding carboxylic acids is 2. The minimum Gasteiger partial charge on any atom is -0.444 e. The minimum atomic E-state index is -4.99. The Bertz CT molecular complexity index is 750. The summed E-state index contributed by atoms with van der Waals surface area (Å²) in [4.78, 5) is 25.2. The van der Waals surface area contributed by atoms with Crippen molar-refractivity contribution in [1.82, 2.24) is 10.2 Å². The first kappa shape index (κ1) is 25.3. The summed E-state index contributed by atoms with van der Waals surface area (Å²) in [5.74, 6) is -0.798. The zero-order chi connectivity index (χ0) is 23.3. The van der Waals surface area contributed by atoms with Crippen LogP contribution in [0.3, 0.4) is 0 Å². The fraction of sp³-hybridized carbons (Fsp3) is 0.474. The molecule has 0 aliphatic heterocycles. The summed E-state index contributed by atoms with van der Waals surface area (Å²) in [6.07, 6.45) is -9.47. The molecule has 30 heavy (non-hydrogen) atoms. The van der Waals surface area contributed by atoms with Gasteiger partial charge in [-0.3, -0.25) is 9.69 Å². The molecular formula is C19H22F6N2O3. The van der Waals surface area contributed by atoms with Gasteiger partial charge in [0.2, 0.25) is 5.91 Å². The van der Waals surface area contributed by atoms with Crippen LogP contribution in [0.25, 0.3) is 0 Å². The molecule has 1 aromatic rings. The van der Waals surface area contributed by atoms with Crippen LogP contribution in [0, 0.1) is 0 Å². The number of rotatable bonds is 6. The summed E-state index contributed by atoms with van der Waals surface area (Å²) >= 11 is 0. The van der Waals surface area contributed by atoms with Crippen LogP contribution >= 0.6 is 0 Å². The fourth-order valence-corrected chi connectivity index (χ4v) is 2.24. The molecule has 11 heteroatoms. The van der Waals surface area contributed by atoms with Crippen molar-refractivity contribution in [3.05, 3.63) is 47.5 Å². The van der Waals surface area contributed by atoms with Crippen LogP contribution in [0.15, 0.2) is 30.9 Å². The van der Waals surface area contributed by atoms with Crippen molar-refractivity contribution >= 4 is 12.0 Å². The van der Waals surface area contributed by atoms with Crippen LogP contribution in [-0.2, 0) is 28.4 Å². The molecule has 1 aromatic carbocycles. The highest BCUT2D eigenvalue weighted by Crippen LogP contribution is 2.36. The largest absolute Gasteiger partial charge is 0.444 e. The van der Waals surface area contributed by atoms with Gasteiger partial charge in [-0.2, -0.15) is 26.3 Å². The van der Waals surface area contributed by atoms with E-state index in [2.05, 4.69) is 11.9 Å². The molecular weight excluding hydrogens is 418 g/mol. The molecule has 5 nitrogen and oxygen atoms in total. The lowest BCUT2D eigenvalue weighted by Crippen LogP contribution is -2.43. The predicted molar refractivity (Wildman–Crippen MR) is 96.3 cm³/mol. The van der Waals surface area contributed by atoms with Gasteiger partial charge in [-0.15, -0.1) is 6.58 Å². The summed E-state index contributed by atoms with van der Waals surface area (Å²) in [5.41, 5.74) is -4.19. The average Bonchev–Trinajstić information content (AvgIpc) is 2.56. The number of hydrogen-bond donors (Lipinski definition) is 1. The number of alkyl halides is 6. The van der Waals surface area contributed by atoms with Gasteiger partial charge in [0.1, 0.15) is 12.1 Å². The Balaban J connectivity index is 2.92. The molecule has 0 atom stereocenters. The third-order valence-corrected chi connectivity index (χ3v) is 3.47. The molecule has 0 radical (unpaired) electrons. The molecule has 168 valence electrons. The molecule has 0 aromatic heterocycles. The maximum Gasteiger partial charge on any atom is 0.416 e. The molecule has 0 aliphatic rings. The van der Waals surface area contributed by atoms with Crippen molar-refractivity contribution in [2.45, 2.75) is 45.3 Å². The monoisotopic (exact) mass is 440 g/mol. The number of benzene rings is 1. The van der Waals surface area contributed by atoms with E-state index in [1.165, 1.54) is 6.08 Å². The van der Waals surface area contributed by atoms with Gasteiger partial charge in [-0.1, -0.05) is 6.08 Å². The molecule has 0 unspecified atom stereocenters. The molecule has 0 heterocycles. The molecule has 0 saturated heterocycles. The Kier molecular flexibility index (Phi) is 7.93. The van der Waals surface area contributed by atoms with E-state index in [0.717, 1.165) is 4.90 Å². The molecule has 0 saturated carbocycles. The average molecular weight is 440 g/mol. The number of halogens is 6. The number of nitrogens with zero attached hydrogens (tertiary/aromatic N) is 1. The lowest BCUT2D eigenvalue weighted by Gasteiger charge is -2.26. The lowest BCUT2D eigenvalue weighted by molar-refractivity contribution is -0.143. The van der Waals surface area contributed by atoms with E-state index in [1.807, 2.05) is 0 Å². The van der Waals surface area contributed by atoms with E-state index in [0.29, 0.717) is 12.1 Å². The van der Waals surface area contributed by atoms with E-state index in [4.69, 9.17) is 4.74 Å². The zero-order valence-electron chi connectivity index (χ0n) is 16.6. The number of hydrogen-bond acceptors (Lipinski definition) is 3. The second-order valence-electron chi connectivity index (χ2n) is 7.34. The third kappa shape index (κ3) is 8.34. The maximum atomic E-state index is 12.9. The molecule has 0 fully saturated rings. The van der Waals surface area contributed by atoms with Crippen LogP contribution in [0.1, 0.15) is 37.5 Å². The van der Waals surface area contributed by atoms with E-state index in [9.17, 15) is 35.9 Å². The highest BCUT2D eigenvalue weighted by Gasteiger charge is 2.36. The minimum absolute atomic E-state index is 0.000354. The first-order chi connectivity index (χ1) is 13.5. The smallest absolute Gasteiger partial charge is 0.416 e. The maximum absolute atomic E-state index is 12.9. The third-order valence-electron chi connectivity index (χ3n) is 3.47. The Hall–Kier alpha value is -2.72. The second-order valence-corrected chi connectivity index (χ2v) is 7.34. The van der Waals surface area contributed by atoms with Crippen LogP contribution in [0.2, 0.25) is 0 Å². The second kappa shape index (κ2) is 9.40. The van der Waals surface area contributed by atoms with Crippen molar-refractivity contribution in [2.24, 2.45) is 0 Å². The standard InChI is InChI=1S/C19H22F6N2O3/c1-5-6-27(16(29)30-17(2,3)4)11-15(28)26-10-12-7-13(18(20,21)22)9-14(8-12)19(23,24)25/h5,7-9H,1,6,10-11H2,2-4H3,(H,26,28). The van der Waals surface area contributed by atoms with Crippen molar-refractivity contribution in [2.75, 3.05) is 13.1 Å². The van der Waals surface area contributed by atoms with Crippen molar-refractivity contribution in [1.29, 1.82) is 0 Å². The molecule has 0 bridgehead atoms. The summed E-state index contributed by atoms with van der Waals surface area (Å²) in [6.45, 7) is 7.13.